The highest BCUT2D eigenvalue weighted by atomic mass is 16.6. The Kier molecular flexibility index (Phi) is 5.17. The van der Waals surface area contributed by atoms with Crippen molar-refractivity contribution in [1.29, 1.82) is 0 Å². The zero-order chi connectivity index (χ0) is 19.4. The first-order chi connectivity index (χ1) is 13.0. The summed E-state index contributed by atoms with van der Waals surface area (Å²) < 4.78 is 0. The van der Waals surface area contributed by atoms with E-state index in [1.807, 2.05) is 60.5 Å². The van der Waals surface area contributed by atoms with E-state index < -0.39 is 4.92 Å². The molecule has 0 fully saturated rings. The normalized spacial score (nSPS) is 10.3. The van der Waals surface area contributed by atoms with Gasteiger partial charge >= 0.3 is 0 Å². The number of hydrogen-bond donors (Lipinski definition) is 1. The fourth-order valence-corrected chi connectivity index (χ4v) is 2.92. The summed E-state index contributed by atoms with van der Waals surface area (Å²) in [6.45, 7) is 1.58. The first-order valence-corrected chi connectivity index (χ1v) is 8.42. The quantitative estimate of drug-likeness (QED) is 0.517. The number of amides is 1. The Morgan fingerprint density at radius 1 is 0.963 bits per heavy atom. The molecule has 27 heavy (non-hydrogen) atoms. The highest BCUT2D eigenvalue weighted by Crippen LogP contribution is 2.31. The van der Waals surface area contributed by atoms with Crippen LogP contribution in [0.15, 0.2) is 72.8 Å². The Hall–Kier alpha value is -3.67. The number of nitrogens with one attached hydrogen (secondary N) is 1. The molecule has 0 heterocycles. The predicted molar refractivity (Wildman–Crippen MR) is 107 cm³/mol. The summed E-state index contributed by atoms with van der Waals surface area (Å²) in [7, 11) is 1.92. The van der Waals surface area contributed by atoms with Crippen LogP contribution in [0.5, 0.6) is 0 Å². The third-order valence-corrected chi connectivity index (χ3v) is 4.40. The monoisotopic (exact) mass is 361 g/mol. The molecule has 0 saturated carbocycles. The van der Waals surface area contributed by atoms with Gasteiger partial charge in [0.05, 0.1) is 16.3 Å². The molecule has 0 bridgehead atoms. The maximum absolute atomic E-state index is 12.8. The lowest BCUT2D eigenvalue weighted by Crippen LogP contribution is -2.17. The predicted octanol–water partition coefficient (Wildman–Crippen LogP) is 4.92. The summed E-state index contributed by atoms with van der Waals surface area (Å²) in [5.41, 5.74) is 2.97. The molecule has 1 amide bonds. The molecule has 136 valence electrons. The van der Waals surface area contributed by atoms with Gasteiger partial charge in [0.25, 0.3) is 11.6 Å². The van der Waals surface area contributed by atoms with Crippen molar-refractivity contribution in [1.82, 2.24) is 0 Å². The molecular weight excluding hydrogens is 342 g/mol. The van der Waals surface area contributed by atoms with Crippen LogP contribution in [0.1, 0.15) is 15.9 Å². The van der Waals surface area contributed by atoms with Gasteiger partial charge in [0.2, 0.25) is 0 Å². The van der Waals surface area contributed by atoms with Gasteiger partial charge in [-0.3, -0.25) is 14.9 Å². The van der Waals surface area contributed by atoms with Crippen molar-refractivity contribution < 1.29 is 9.72 Å². The highest BCUT2D eigenvalue weighted by molar-refractivity contribution is 6.07. The van der Waals surface area contributed by atoms with Crippen molar-refractivity contribution in [3.8, 4) is 0 Å². The van der Waals surface area contributed by atoms with E-state index in [1.165, 1.54) is 12.1 Å². The van der Waals surface area contributed by atoms with Gasteiger partial charge in [0, 0.05) is 29.9 Å². The molecule has 6 heteroatoms. The number of anilines is 3. The second-order valence-electron chi connectivity index (χ2n) is 6.07. The van der Waals surface area contributed by atoms with Gasteiger partial charge < -0.3 is 10.2 Å². The SMILES string of the molecule is Cc1c(C(=O)Nc2ccccc2N(C)c2ccccc2)cccc1[N+](=O)[O-]. The van der Waals surface area contributed by atoms with E-state index in [4.69, 9.17) is 0 Å². The number of carbonyl (C=O) groups is 1. The Bertz CT molecular complexity index is 987. The number of rotatable bonds is 5. The average Bonchev–Trinajstić information content (AvgIpc) is 2.68. The lowest BCUT2D eigenvalue weighted by molar-refractivity contribution is -0.385. The maximum atomic E-state index is 12.8. The second-order valence-corrected chi connectivity index (χ2v) is 6.07. The molecule has 0 aliphatic carbocycles. The van der Waals surface area contributed by atoms with Crippen molar-refractivity contribution in [2.75, 3.05) is 17.3 Å². The van der Waals surface area contributed by atoms with Crippen molar-refractivity contribution in [2.45, 2.75) is 6.92 Å². The van der Waals surface area contributed by atoms with E-state index >= 15 is 0 Å². The highest BCUT2D eigenvalue weighted by Gasteiger charge is 2.19. The van der Waals surface area contributed by atoms with Crippen LogP contribution in [0.3, 0.4) is 0 Å². The van der Waals surface area contributed by atoms with Gasteiger partial charge in [-0.2, -0.15) is 0 Å². The summed E-state index contributed by atoms with van der Waals surface area (Å²) in [6, 6.07) is 21.7. The lowest BCUT2D eigenvalue weighted by Gasteiger charge is -2.23. The van der Waals surface area contributed by atoms with Crippen molar-refractivity contribution in [3.05, 3.63) is 94.0 Å². The van der Waals surface area contributed by atoms with Crippen LogP contribution in [0.25, 0.3) is 0 Å². The summed E-state index contributed by atoms with van der Waals surface area (Å²) in [5, 5.41) is 14.0. The molecular formula is C21H19N3O3. The van der Waals surface area contributed by atoms with Crippen molar-refractivity contribution in [3.63, 3.8) is 0 Å². The summed E-state index contributed by atoms with van der Waals surface area (Å²) in [5.74, 6) is -0.384. The Morgan fingerprint density at radius 3 is 2.33 bits per heavy atom. The molecule has 1 N–H and O–H groups in total. The minimum atomic E-state index is -0.483. The van der Waals surface area contributed by atoms with Crippen molar-refractivity contribution in [2.24, 2.45) is 0 Å². The third-order valence-electron chi connectivity index (χ3n) is 4.40. The number of benzene rings is 3. The first-order valence-electron chi connectivity index (χ1n) is 8.42. The molecule has 0 saturated heterocycles. The Morgan fingerprint density at radius 2 is 1.63 bits per heavy atom. The Labute approximate surface area is 157 Å². The molecule has 3 aromatic rings. The fraction of sp³-hybridized carbons (Fsp3) is 0.0952. The smallest absolute Gasteiger partial charge is 0.273 e. The lowest BCUT2D eigenvalue weighted by atomic mass is 10.1. The number of nitro benzene ring substituents is 1. The van der Waals surface area contributed by atoms with Crippen LogP contribution < -0.4 is 10.2 Å². The van der Waals surface area contributed by atoms with Gasteiger partial charge in [-0.25, -0.2) is 0 Å². The van der Waals surface area contributed by atoms with E-state index in [2.05, 4.69) is 5.32 Å². The maximum Gasteiger partial charge on any atom is 0.273 e. The van der Waals surface area contributed by atoms with E-state index in [0.29, 0.717) is 11.3 Å². The fourth-order valence-electron chi connectivity index (χ4n) is 2.92. The van der Waals surface area contributed by atoms with Gasteiger partial charge in [0.1, 0.15) is 0 Å². The molecule has 0 unspecified atom stereocenters. The largest absolute Gasteiger partial charge is 0.343 e. The van der Waals surface area contributed by atoms with Crippen LogP contribution in [-0.2, 0) is 0 Å². The summed E-state index contributed by atoms with van der Waals surface area (Å²) in [6.07, 6.45) is 0. The van der Waals surface area contributed by atoms with E-state index in [9.17, 15) is 14.9 Å². The molecule has 0 spiro atoms. The average molecular weight is 361 g/mol. The van der Waals surface area contributed by atoms with Crippen LogP contribution >= 0.6 is 0 Å². The summed E-state index contributed by atoms with van der Waals surface area (Å²) in [4.78, 5) is 25.4. The molecule has 0 atom stereocenters. The zero-order valence-electron chi connectivity index (χ0n) is 15.0. The molecule has 0 aliphatic rings. The molecule has 0 aliphatic heterocycles. The minimum absolute atomic E-state index is 0.0719. The number of para-hydroxylation sites is 3. The van der Waals surface area contributed by atoms with Crippen LogP contribution in [0.2, 0.25) is 0 Å². The van der Waals surface area contributed by atoms with Gasteiger partial charge in [0.15, 0.2) is 0 Å². The van der Waals surface area contributed by atoms with Crippen molar-refractivity contribution >= 4 is 28.7 Å². The second kappa shape index (κ2) is 7.70. The summed E-state index contributed by atoms with van der Waals surface area (Å²) >= 11 is 0. The topological polar surface area (TPSA) is 75.5 Å². The van der Waals surface area contributed by atoms with Crippen LogP contribution in [0, 0.1) is 17.0 Å². The number of carbonyl (C=O) groups excluding carboxylic acids is 1. The molecule has 3 aromatic carbocycles. The standard InChI is InChI=1S/C21H19N3O3/c1-15-17(11-8-14-19(15)24(26)27)21(25)22-18-12-6-7-13-20(18)23(2)16-9-4-3-5-10-16/h3-14H,1-2H3,(H,22,25). The van der Waals surface area contributed by atoms with E-state index in [-0.39, 0.29) is 17.2 Å². The molecule has 0 radical (unpaired) electrons. The molecule has 0 aromatic heterocycles. The molecule has 6 nitrogen and oxygen atoms in total. The minimum Gasteiger partial charge on any atom is -0.343 e. The van der Waals surface area contributed by atoms with Gasteiger partial charge in [-0.1, -0.05) is 36.4 Å². The third kappa shape index (κ3) is 3.79. The Balaban J connectivity index is 1.92. The van der Waals surface area contributed by atoms with E-state index in [1.54, 1.807) is 19.1 Å². The number of hydrogen-bond acceptors (Lipinski definition) is 4. The van der Waals surface area contributed by atoms with Gasteiger partial charge in [-0.05, 0) is 37.3 Å². The first kappa shape index (κ1) is 18.1. The zero-order valence-corrected chi connectivity index (χ0v) is 15.0. The number of nitrogens with zero attached hydrogens (tertiary/aromatic N) is 2. The van der Waals surface area contributed by atoms with Crippen LogP contribution in [-0.4, -0.2) is 17.9 Å². The van der Waals surface area contributed by atoms with Gasteiger partial charge in [-0.15, -0.1) is 0 Å². The number of nitro groups is 1. The van der Waals surface area contributed by atoms with E-state index in [0.717, 1.165) is 11.4 Å². The molecule has 3 rings (SSSR count). The van der Waals surface area contributed by atoms with Crippen LogP contribution in [0.4, 0.5) is 22.7 Å².